The number of nitrogens with zero attached hydrogens (tertiary/aromatic N) is 2. The van der Waals surface area contributed by atoms with Crippen LogP contribution in [0, 0.1) is 22.6 Å². The number of amides is 1. The lowest BCUT2D eigenvalue weighted by atomic mass is 9.75. The maximum atomic E-state index is 13.1. The number of rotatable bonds is 9. The molecule has 0 radical (unpaired) electrons. The normalized spacial score (nSPS) is 15.2. The Kier molecular flexibility index (Phi) is 8.73. The fourth-order valence-electron chi connectivity index (χ4n) is 3.65. The summed E-state index contributed by atoms with van der Waals surface area (Å²) in [5.41, 5.74) is 0.999. The molecule has 0 saturated carbocycles. The summed E-state index contributed by atoms with van der Waals surface area (Å²) in [7, 11) is 0. The zero-order valence-corrected chi connectivity index (χ0v) is 18.7. The molecule has 10 heteroatoms. The van der Waals surface area contributed by atoms with E-state index in [9.17, 15) is 14.4 Å². The second-order valence-electron chi connectivity index (χ2n) is 7.52. The first-order valence-corrected chi connectivity index (χ1v) is 11.2. The summed E-state index contributed by atoms with van der Waals surface area (Å²) in [6.45, 7) is 0.734. The Balaban J connectivity index is 1.54. The first kappa shape index (κ1) is 24.3. The number of hydrogen-bond donors (Lipinski definition) is 1. The van der Waals surface area contributed by atoms with Gasteiger partial charge in [0.1, 0.15) is 11.6 Å². The number of likely N-dealkylation sites (tertiary alicyclic amines) is 1. The van der Waals surface area contributed by atoms with Gasteiger partial charge in [0.05, 0.1) is 17.2 Å². The molecule has 1 aliphatic heterocycles. The molecule has 1 fully saturated rings. The van der Waals surface area contributed by atoms with E-state index in [-0.39, 0.29) is 24.1 Å². The molecule has 170 valence electrons. The first-order chi connectivity index (χ1) is 15.4. The molecule has 1 saturated heterocycles. The number of ether oxygens (including phenoxy) is 1. The number of carbonyl (C=O) groups is 1. The van der Waals surface area contributed by atoms with Crippen molar-refractivity contribution in [2.24, 2.45) is 5.41 Å². The Hall–Kier alpha value is -2.35. The number of halogens is 2. The third kappa shape index (κ3) is 6.58. The highest BCUT2D eigenvalue weighted by atomic mass is 35.5. The van der Waals surface area contributed by atoms with Crippen molar-refractivity contribution in [2.45, 2.75) is 25.0 Å². The van der Waals surface area contributed by atoms with Crippen LogP contribution in [0.3, 0.4) is 0 Å². The Morgan fingerprint density at radius 2 is 1.97 bits per heavy atom. The summed E-state index contributed by atoms with van der Waals surface area (Å²) in [6.07, 6.45) is 1.59. The molecule has 1 aliphatic rings. The van der Waals surface area contributed by atoms with E-state index in [4.69, 9.17) is 21.6 Å². The van der Waals surface area contributed by atoms with Crippen LogP contribution in [0.2, 0.25) is 5.02 Å². The van der Waals surface area contributed by atoms with Crippen LogP contribution in [-0.4, -0.2) is 35.8 Å². The van der Waals surface area contributed by atoms with Crippen LogP contribution in [0.15, 0.2) is 42.5 Å². The molecule has 1 N–H and O–H groups in total. The van der Waals surface area contributed by atoms with E-state index >= 15 is 0 Å². The minimum atomic E-state index is -0.579. The maximum Gasteiger partial charge on any atom is 0.260 e. The van der Waals surface area contributed by atoms with Crippen molar-refractivity contribution in [2.75, 3.05) is 19.7 Å². The van der Waals surface area contributed by atoms with Crippen molar-refractivity contribution >= 4 is 29.6 Å². The summed E-state index contributed by atoms with van der Waals surface area (Å²) in [6, 6.07) is 13.6. The van der Waals surface area contributed by atoms with Gasteiger partial charge in [0.15, 0.2) is 6.61 Å². The fraction of sp³-hybridized carbons (Fsp3) is 0.364. The standard InChI is InChI=1S/C22H22ClFN2O5S/c23-18-3-6-20(17(11-18)14-32-31-30-28)29-13-21(27)26-9-7-22(15-25,8-10-26)12-16-1-4-19(24)5-2-16/h1-6,11,28H,7-10,12-14H2. The molecule has 2 aromatic carbocycles. The SMILES string of the molecule is N#CC1(Cc2ccc(F)cc2)CCN(C(=O)COc2ccc(Cl)cc2CSOOO)CC1. The summed E-state index contributed by atoms with van der Waals surface area (Å²) in [5, 5.41) is 22.1. The molecule has 0 unspecified atom stereocenters. The highest BCUT2D eigenvalue weighted by Crippen LogP contribution is 2.35. The lowest BCUT2D eigenvalue weighted by Gasteiger charge is -2.37. The molecular weight excluding hydrogens is 459 g/mol. The van der Waals surface area contributed by atoms with Gasteiger partial charge >= 0.3 is 0 Å². The lowest BCUT2D eigenvalue weighted by Crippen LogP contribution is -2.45. The Morgan fingerprint density at radius 1 is 1.25 bits per heavy atom. The highest BCUT2D eigenvalue weighted by molar-refractivity contribution is 7.93. The van der Waals surface area contributed by atoms with Gasteiger partial charge in [-0.1, -0.05) is 28.8 Å². The van der Waals surface area contributed by atoms with Crippen LogP contribution in [-0.2, 0) is 26.3 Å². The second kappa shape index (κ2) is 11.5. The van der Waals surface area contributed by atoms with Gasteiger partial charge < -0.3 is 9.64 Å². The Bertz CT molecular complexity index is 962. The second-order valence-corrected chi connectivity index (χ2v) is 8.62. The number of benzene rings is 2. The summed E-state index contributed by atoms with van der Waals surface area (Å²) in [4.78, 5) is 14.4. The molecule has 3 rings (SSSR count). The van der Waals surface area contributed by atoms with Crippen molar-refractivity contribution in [1.82, 2.24) is 4.90 Å². The fourth-order valence-corrected chi connectivity index (χ4v) is 4.29. The maximum absolute atomic E-state index is 13.1. The van der Waals surface area contributed by atoms with E-state index in [0.717, 1.165) is 17.6 Å². The molecule has 0 aromatic heterocycles. The highest BCUT2D eigenvalue weighted by Gasteiger charge is 2.36. The van der Waals surface area contributed by atoms with Crippen molar-refractivity contribution < 1.29 is 28.6 Å². The van der Waals surface area contributed by atoms with Gasteiger partial charge in [-0.15, -0.1) is 4.33 Å². The van der Waals surface area contributed by atoms with E-state index < -0.39 is 5.41 Å². The lowest BCUT2D eigenvalue weighted by molar-refractivity contribution is -0.432. The van der Waals surface area contributed by atoms with Crippen LogP contribution in [0.4, 0.5) is 4.39 Å². The largest absolute Gasteiger partial charge is 0.483 e. The quantitative estimate of drug-likeness (QED) is 0.238. The van der Waals surface area contributed by atoms with Gasteiger partial charge in [-0.25, -0.2) is 9.65 Å². The third-order valence-electron chi connectivity index (χ3n) is 5.43. The topological polar surface area (TPSA) is 92.0 Å². The van der Waals surface area contributed by atoms with Crippen LogP contribution < -0.4 is 4.74 Å². The molecule has 0 spiro atoms. The molecule has 1 heterocycles. The molecule has 1 amide bonds. The minimum Gasteiger partial charge on any atom is -0.483 e. The van der Waals surface area contributed by atoms with Crippen molar-refractivity contribution in [1.29, 1.82) is 5.26 Å². The number of nitriles is 1. The van der Waals surface area contributed by atoms with Gasteiger partial charge in [-0.2, -0.15) is 5.26 Å². The van der Waals surface area contributed by atoms with E-state index in [1.165, 1.54) is 12.1 Å². The van der Waals surface area contributed by atoms with Crippen molar-refractivity contribution in [3.63, 3.8) is 0 Å². The summed E-state index contributed by atoms with van der Waals surface area (Å²) < 4.78 is 23.2. The van der Waals surface area contributed by atoms with Crippen molar-refractivity contribution in [3.05, 3.63) is 64.4 Å². The molecule has 0 atom stereocenters. The Labute approximate surface area is 194 Å². The number of piperidine rings is 1. The van der Waals surface area contributed by atoms with E-state index in [0.29, 0.717) is 48.7 Å². The summed E-state index contributed by atoms with van der Waals surface area (Å²) in [5.74, 6) is 0.262. The molecular formula is C22H22ClFN2O5S. The first-order valence-electron chi connectivity index (χ1n) is 9.89. The van der Waals surface area contributed by atoms with Crippen molar-refractivity contribution in [3.8, 4) is 11.8 Å². The molecule has 0 bridgehead atoms. The van der Waals surface area contributed by atoms with Crippen LogP contribution in [0.1, 0.15) is 24.0 Å². The predicted octanol–water partition coefficient (Wildman–Crippen LogP) is 4.80. The van der Waals surface area contributed by atoms with Crippen LogP contribution >= 0.6 is 23.6 Å². The summed E-state index contributed by atoms with van der Waals surface area (Å²) >= 11 is 6.85. The third-order valence-corrected chi connectivity index (χ3v) is 6.25. The minimum absolute atomic E-state index is 0.159. The van der Waals surface area contributed by atoms with Crippen LogP contribution in [0.25, 0.3) is 0 Å². The molecule has 32 heavy (non-hydrogen) atoms. The van der Waals surface area contributed by atoms with Crippen LogP contribution in [0.5, 0.6) is 5.75 Å². The van der Waals surface area contributed by atoms with E-state index in [1.54, 1.807) is 35.2 Å². The zero-order valence-electron chi connectivity index (χ0n) is 17.1. The average molecular weight is 481 g/mol. The average Bonchev–Trinajstić information content (AvgIpc) is 2.80. The predicted molar refractivity (Wildman–Crippen MR) is 117 cm³/mol. The van der Waals surface area contributed by atoms with Gasteiger partial charge in [0.25, 0.3) is 5.91 Å². The zero-order chi connectivity index (χ0) is 23.0. The number of hydrogen-bond acceptors (Lipinski definition) is 7. The molecule has 7 nitrogen and oxygen atoms in total. The molecule has 0 aliphatic carbocycles. The smallest absolute Gasteiger partial charge is 0.260 e. The van der Waals surface area contributed by atoms with Gasteiger partial charge in [-0.3, -0.25) is 4.79 Å². The Morgan fingerprint density at radius 3 is 2.62 bits per heavy atom. The van der Waals surface area contributed by atoms with E-state index in [1.807, 2.05) is 0 Å². The van der Waals surface area contributed by atoms with Gasteiger partial charge in [-0.05, 0) is 55.2 Å². The van der Waals surface area contributed by atoms with Gasteiger partial charge in [0, 0.05) is 35.7 Å². The van der Waals surface area contributed by atoms with Gasteiger partial charge in [0.2, 0.25) is 0 Å². The molecule has 2 aromatic rings. The number of carbonyl (C=O) groups excluding carboxylic acids is 1. The monoisotopic (exact) mass is 480 g/mol. The van der Waals surface area contributed by atoms with E-state index in [2.05, 4.69) is 15.4 Å².